The van der Waals surface area contributed by atoms with Crippen LogP contribution in [0.5, 0.6) is 5.75 Å². The van der Waals surface area contributed by atoms with E-state index in [4.69, 9.17) is 0 Å². The van der Waals surface area contributed by atoms with E-state index in [9.17, 15) is 13.6 Å². The highest BCUT2D eigenvalue weighted by Crippen LogP contribution is 2.30. The third kappa shape index (κ3) is 4.46. The van der Waals surface area contributed by atoms with Gasteiger partial charge in [-0.3, -0.25) is 0 Å². The van der Waals surface area contributed by atoms with E-state index in [1.165, 1.54) is 17.1 Å². The van der Waals surface area contributed by atoms with Crippen LogP contribution in [0, 0.1) is 0 Å². The fourth-order valence-corrected chi connectivity index (χ4v) is 3.35. The standard InChI is InChI=1S/C23H19F2N3O2/c24-22(25)30-19-13-11-17(12-14-19)21-20(16-7-3-1-4-8-16)15-28(27-21)23(29)26-18-9-5-2-6-10-18/h1-14,20,22H,15H2,(H,26,29). The number of rotatable bonds is 5. The highest BCUT2D eigenvalue weighted by molar-refractivity contribution is 6.07. The van der Waals surface area contributed by atoms with Crippen LogP contribution in [0.15, 0.2) is 90.0 Å². The summed E-state index contributed by atoms with van der Waals surface area (Å²) in [5, 5.41) is 8.78. The maximum atomic E-state index is 12.7. The van der Waals surface area contributed by atoms with Crippen LogP contribution in [0.2, 0.25) is 0 Å². The molecule has 0 aliphatic carbocycles. The van der Waals surface area contributed by atoms with Crippen molar-refractivity contribution in [2.45, 2.75) is 12.5 Å². The summed E-state index contributed by atoms with van der Waals surface area (Å²) in [6, 6.07) is 24.8. The number of ether oxygens (including phenoxy) is 1. The summed E-state index contributed by atoms with van der Waals surface area (Å²) in [5.74, 6) is -0.0723. The van der Waals surface area contributed by atoms with Crippen molar-refractivity contribution in [3.05, 3.63) is 96.1 Å². The predicted octanol–water partition coefficient (Wildman–Crippen LogP) is 5.32. The molecule has 3 aromatic carbocycles. The summed E-state index contributed by atoms with van der Waals surface area (Å²) >= 11 is 0. The number of carbonyl (C=O) groups excluding carboxylic acids is 1. The van der Waals surface area contributed by atoms with E-state index in [0.717, 1.165) is 11.1 Å². The number of nitrogens with zero attached hydrogens (tertiary/aromatic N) is 2. The third-order valence-electron chi connectivity index (χ3n) is 4.75. The molecule has 1 aliphatic heterocycles. The quantitative estimate of drug-likeness (QED) is 0.622. The molecule has 1 N–H and O–H groups in total. The molecule has 0 spiro atoms. The monoisotopic (exact) mass is 407 g/mol. The van der Waals surface area contributed by atoms with Crippen LogP contribution in [-0.4, -0.2) is 29.9 Å². The van der Waals surface area contributed by atoms with Gasteiger partial charge in [0.1, 0.15) is 5.75 Å². The van der Waals surface area contributed by atoms with Crippen molar-refractivity contribution in [3.8, 4) is 5.75 Å². The van der Waals surface area contributed by atoms with Crippen molar-refractivity contribution in [3.63, 3.8) is 0 Å². The minimum atomic E-state index is -2.88. The summed E-state index contributed by atoms with van der Waals surface area (Å²) < 4.78 is 29.3. The molecule has 1 heterocycles. The number of amides is 2. The summed E-state index contributed by atoms with van der Waals surface area (Å²) in [5.41, 5.74) is 3.11. The summed E-state index contributed by atoms with van der Waals surface area (Å²) in [7, 11) is 0. The lowest BCUT2D eigenvalue weighted by Gasteiger charge is -2.16. The van der Waals surface area contributed by atoms with Gasteiger partial charge in [-0.15, -0.1) is 0 Å². The maximum Gasteiger partial charge on any atom is 0.387 e. The van der Waals surface area contributed by atoms with Crippen molar-refractivity contribution in [2.24, 2.45) is 5.10 Å². The second-order valence-corrected chi connectivity index (χ2v) is 6.73. The van der Waals surface area contributed by atoms with Gasteiger partial charge in [0.05, 0.1) is 12.3 Å². The molecule has 30 heavy (non-hydrogen) atoms. The van der Waals surface area contributed by atoms with Crippen molar-refractivity contribution in [1.29, 1.82) is 0 Å². The molecule has 2 amide bonds. The van der Waals surface area contributed by atoms with E-state index >= 15 is 0 Å². The molecule has 7 heteroatoms. The molecule has 3 aromatic rings. The zero-order chi connectivity index (χ0) is 20.9. The Bertz CT molecular complexity index is 1030. The minimum absolute atomic E-state index is 0.0716. The first-order valence-corrected chi connectivity index (χ1v) is 9.42. The lowest BCUT2D eigenvalue weighted by molar-refractivity contribution is -0.0498. The Morgan fingerprint density at radius 3 is 2.23 bits per heavy atom. The number of hydrogen-bond acceptors (Lipinski definition) is 3. The molecule has 0 radical (unpaired) electrons. The highest BCUT2D eigenvalue weighted by Gasteiger charge is 2.32. The molecule has 0 saturated heterocycles. The van der Waals surface area contributed by atoms with E-state index in [0.29, 0.717) is 17.9 Å². The summed E-state index contributed by atoms with van der Waals surface area (Å²) in [4.78, 5) is 12.7. The first-order chi connectivity index (χ1) is 14.6. The molecule has 152 valence electrons. The Balaban J connectivity index is 1.61. The number of hydrazone groups is 1. The average Bonchev–Trinajstić information content (AvgIpc) is 3.21. The van der Waals surface area contributed by atoms with Crippen molar-refractivity contribution >= 4 is 17.4 Å². The van der Waals surface area contributed by atoms with Gasteiger partial charge in [0, 0.05) is 11.6 Å². The zero-order valence-electron chi connectivity index (χ0n) is 15.9. The van der Waals surface area contributed by atoms with Gasteiger partial charge in [0.15, 0.2) is 0 Å². The number of nitrogens with one attached hydrogen (secondary N) is 1. The lowest BCUT2D eigenvalue weighted by atomic mass is 9.90. The van der Waals surface area contributed by atoms with Gasteiger partial charge in [-0.05, 0) is 47.5 Å². The van der Waals surface area contributed by atoms with E-state index in [1.54, 1.807) is 24.3 Å². The van der Waals surface area contributed by atoms with Crippen LogP contribution < -0.4 is 10.1 Å². The number of urea groups is 1. The molecule has 1 atom stereocenters. The normalized spacial score (nSPS) is 15.8. The van der Waals surface area contributed by atoms with Crippen molar-refractivity contribution < 1.29 is 18.3 Å². The van der Waals surface area contributed by atoms with Crippen molar-refractivity contribution in [1.82, 2.24) is 5.01 Å². The molecule has 5 nitrogen and oxygen atoms in total. The van der Waals surface area contributed by atoms with Gasteiger partial charge in [0.25, 0.3) is 0 Å². The molecule has 0 aromatic heterocycles. The number of alkyl halides is 2. The van der Waals surface area contributed by atoms with Crippen LogP contribution in [0.3, 0.4) is 0 Å². The van der Waals surface area contributed by atoms with E-state index in [-0.39, 0.29) is 17.7 Å². The molecule has 0 fully saturated rings. The lowest BCUT2D eigenvalue weighted by Crippen LogP contribution is -2.30. The number of hydrogen-bond donors (Lipinski definition) is 1. The van der Waals surface area contributed by atoms with E-state index < -0.39 is 6.61 Å². The zero-order valence-corrected chi connectivity index (χ0v) is 15.9. The number of halogens is 2. The first-order valence-electron chi connectivity index (χ1n) is 9.42. The second kappa shape index (κ2) is 8.73. The fourth-order valence-electron chi connectivity index (χ4n) is 3.35. The Morgan fingerprint density at radius 2 is 1.60 bits per heavy atom. The summed E-state index contributed by atoms with van der Waals surface area (Å²) in [6.45, 7) is -2.51. The molecule has 1 aliphatic rings. The Kier molecular flexibility index (Phi) is 5.70. The number of carbonyl (C=O) groups is 1. The Morgan fingerprint density at radius 1 is 0.967 bits per heavy atom. The molecule has 0 saturated carbocycles. The maximum absolute atomic E-state index is 12.7. The SMILES string of the molecule is O=C(Nc1ccccc1)N1CC(c2ccccc2)C(c2ccc(OC(F)F)cc2)=N1. The van der Waals surface area contributed by atoms with Gasteiger partial charge in [0.2, 0.25) is 0 Å². The van der Waals surface area contributed by atoms with Crippen LogP contribution >= 0.6 is 0 Å². The smallest absolute Gasteiger partial charge is 0.387 e. The van der Waals surface area contributed by atoms with Gasteiger partial charge in [-0.2, -0.15) is 13.9 Å². The fraction of sp³-hybridized carbons (Fsp3) is 0.130. The van der Waals surface area contributed by atoms with Crippen LogP contribution in [0.4, 0.5) is 19.3 Å². The minimum Gasteiger partial charge on any atom is -0.435 e. The van der Waals surface area contributed by atoms with Gasteiger partial charge >= 0.3 is 12.6 Å². The van der Waals surface area contributed by atoms with Crippen LogP contribution in [0.1, 0.15) is 17.0 Å². The van der Waals surface area contributed by atoms with E-state index in [1.807, 2.05) is 48.5 Å². The molecular formula is C23H19F2N3O2. The largest absolute Gasteiger partial charge is 0.435 e. The van der Waals surface area contributed by atoms with Gasteiger partial charge in [-0.1, -0.05) is 48.5 Å². The second-order valence-electron chi connectivity index (χ2n) is 6.73. The first kappa shape index (κ1) is 19.6. The Hall–Kier alpha value is -3.74. The van der Waals surface area contributed by atoms with Gasteiger partial charge in [-0.25, -0.2) is 9.80 Å². The van der Waals surface area contributed by atoms with Gasteiger partial charge < -0.3 is 10.1 Å². The number of benzene rings is 3. The third-order valence-corrected chi connectivity index (χ3v) is 4.75. The number of anilines is 1. The number of para-hydroxylation sites is 1. The highest BCUT2D eigenvalue weighted by atomic mass is 19.3. The molecule has 1 unspecified atom stereocenters. The molecule has 0 bridgehead atoms. The average molecular weight is 407 g/mol. The van der Waals surface area contributed by atoms with Crippen molar-refractivity contribution in [2.75, 3.05) is 11.9 Å². The van der Waals surface area contributed by atoms with Crippen LogP contribution in [0.25, 0.3) is 0 Å². The molecular weight excluding hydrogens is 388 g/mol. The summed E-state index contributed by atoms with van der Waals surface area (Å²) in [6.07, 6.45) is 0. The Labute approximate surface area is 172 Å². The topological polar surface area (TPSA) is 53.9 Å². The van der Waals surface area contributed by atoms with E-state index in [2.05, 4.69) is 15.2 Å². The van der Waals surface area contributed by atoms with Crippen LogP contribution in [-0.2, 0) is 0 Å². The predicted molar refractivity (Wildman–Crippen MR) is 111 cm³/mol. The molecule has 4 rings (SSSR count).